The topological polar surface area (TPSA) is 153 Å². The predicted octanol–water partition coefficient (Wildman–Crippen LogP) is 1.22. The Morgan fingerprint density at radius 1 is 1.09 bits per heavy atom. The average Bonchev–Trinajstić information content (AvgIpc) is 2.73. The first-order chi connectivity index (χ1) is 14.7. The van der Waals surface area contributed by atoms with Gasteiger partial charge in [-0.15, -0.1) is 5.06 Å². The van der Waals surface area contributed by atoms with E-state index in [2.05, 4.69) is 10.6 Å². The molecule has 0 aliphatic rings. The summed E-state index contributed by atoms with van der Waals surface area (Å²) >= 11 is 0. The third-order valence-corrected chi connectivity index (χ3v) is 7.73. The number of imide groups is 1. The van der Waals surface area contributed by atoms with Crippen LogP contribution >= 0.6 is 0 Å². The molecule has 0 saturated carbocycles. The minimum absolute atomic E-state index is 0.0245. The maximum absolute atomic E-state index is 13.1. The number of aliphatic hydroxyl groups excluding tert-OH is 1. The van der Waals surface area contributed by atoms with E-state index >= 15 is 0 Å². The van der Waals surface area contributed by atoms with Crippen LogP contribution in [-0.2, 0) is 25.2 Å². The SMILES string of the molecule is CNC(=O)C(NC(=O)N(O)C(=O)[C@@H](O)CCC(C)C)C(C)(C)S(=O)(=O)Cc1ccccc1. The van der Waals surface area contributed by atoms with Crippen molar-refractivity contribution in [2.75, 3.05) is 7.05 Å². The Bertz CT molecular complexity index is 901. The summed E-state index contributed by atoms with van der Waals surface area (Å²) in [6.45, 7) is 6.30. The fourth-order valence-electron chi connectivity index (χ4n) is 2.90. The number of carbonyl (C=O) groups excluding carboxylic acids is 3. The van der Waals surface area contributed by atoms with Gasteiger partial charge < -0.3 is 15.7 Å². The van der Waals surface area contributed by atoms with Crippen molar-refractivity contribution >= 4 is 27.7 Å². The van der Waals surface area contributed by atoms with Gasteiger partial charge in [0.2, 0.25) is 5.91 Å². The molecule has 0 radical (unpaired) electrons. The van der Waals surface area contributed by atoms with Crippen LogP contribution in [0.3, 0.4) is 0 Å². The van der Waals surface area contributed by atoms with Gasteiger partial charge in [0.05, 0.1) is 10.5 Å². The highest BCUT2D eigenvalue weighted by atomic mass is 32.2. The Morgan fingerprint density at radius 3 is 2.16 bits per heavy atom. The van der Waals surface area contributed by atoms with Crippen molar-refractivity contribution in [2.24, 2.45) is 5.92 Å². The summed E-state index contributed by atoms with van der Waals surface area (Å²) < 4.78 is 24.4. The lowest BCUT2D eigenvalue weighted by Crippen LogP contribution is -2.62. The Morgan fingerprint density at radius 2 is 1.66 bits per heavy atom. The van der Waals surface area contributed by atoms with Crippen molar-refractivity contribution < 1.29 is 33.1 Å². The highest BCUT2D eigenvalue weighted by molar-refractivity contribution is 7.92. The first kappa shape index (κ1) is 27.5. The molecular weight excluding hydrogens is 438 g/mol. The van der Waals surface area contributed by atoms with Crippen LogP contribution in [0, 0.1) is 5.92 Å². The molecule has 2 atom stereocenters. The van der Waals surface area contributed by atoms with Crippen LogP contribution in [0.2, 0.25) is 0 Å². The minimum atomic E-state index is -4.00. The minimum Gasteiger partial charge on any atom is -0.383 e. The lowest BCUT2D eigenvalue weighted by Gasteiger charge is -2.33. The fraction of sp³-hybridized carbons (Fsp3) is 0.571. The highest BCUT2D eigenvalue weighted by Gasteiger charge is 2.47. The van der Waals surface area contributed by atoms with Gasteiger partial charge in [0.15, 0.2) is 9.84 Å². The molecule has 1 aromatic carbocycles. The van der Waals surface area contributed by atoms with E-state index in [1.165, 1.54) is 20.9 Å². The Labute approximate surface area is 188 Å². The number of hydrogen-bond acceptors (Lipinski definition) is 7. The molecule has 4 N–H and O–H groups in total. The number of sulfone groups is 1. The zero-order chi connectivity index (χ0) is 24.7. The molecule has 0 bridgehead atoms. The summed E-state index contributed by atoms with van der Waals surface area (Å²) in [5.74, 6) is -2.31. The van der Waals surface area contributed by atoms with Gasteiger partial charge >= 0.3 is 6.03 Å². The first-order valence-corrected chi connectivity index (χ1v) is 11.9. The lowest BCUT2D eigenvalue weighted by atomic mass is 10.0. The second kappa shape index (κ2) is 11.4. The van der Waals surface area contributed by atoms with E-state index in [0.717, 1.165) is 0 Å². The predicted molar refractivity (Wildman–Crippen MR) is 118 cm³/mol. The average molecular weight is 472 g/mol. The zero-order valence-corrected chi connectivity index (χ0v) is 19.8. The van der Waals surface area contributed by atoms with Crippen LogP contribution in [0.15, 0.2) is 30.3 Å². The van der Waals surface area contributed by atoms with Gasteiger partial charge in [0.1, 0.15) is 12.1 Å². The largest absolute Gasteiger partial charge is 0.383 e. The summed E-state index contributed by atoms with van der Waals surface area (Å²) in [7, 11) is -2.74. The number of urea groups is 1. The standard InChI is InChI=1S/C21H33N3O7S/c1-14(2)11-12-16(25)19(27)24(29)20(28)23-17(18(26)22-5)21(3,4)32(30,31)13-15-9-7-6-8-10-15/h6-10,14,16-17,25,29H,11-13H2,1-5H3,(H,22,26)(H,23,28)/t16-,17?/m0/s1. The molecule has 0 aliphatic carbocycles. The first-order valence-electron chi connectivity index (χ1n) is 10.2. The maximum atomic E-state index is 13.1. The van der Waals surface area contributed by atoms with Crippen molar-refractivity contribution in [1.29, 1.82) is 0 Å². The van der Waals surface area contributed by atoms with E-state index in [1.807, 2.05) is 13.8 Å². The smallest absolute Gasteiger partial charge is 0.349 e. The molecular formula is C21H33N3O7S. The molecule has 180 valence electrons. The van der Waals surface area contributed by atoms with Crippen LogP contribution < -0.4 is 10.6 Å². The highest BCUT2D eigenvalue weighted by Crippen LogP contribution is 2.26. The lowest BCUT2D eigenvalue weighted by molar-refractivity contribution is -0.163. The quantitative estimate of drug-likeness (QED) is 0.296. The molecule has 0 aliphatic heterocycles. The number of hydrogen-bond donors (Lipinski definition) is 4. The summed E-state index contributed by atoms with van der Waals surface area (Å²) in [6.07, 6.45) is -1.12. The van der Waals surface area contributed by atoms with E-state index in [0.29, 0.717) is 12.0 Å². The molecule has 1 aromatic rings. The molecule has 0 fully saturated rings. The second-order valence-electron chi connectivity index (χ2n) is 8.48. The van der Waals surface area contributed by atoms with E-state index in [1.54, 1.807) is 30.3 Å². The van der Waals surface area contributed by atoms with Crippen LogP contribution in [0.4, 0.5) is 4.79 Å². The number of rotatable bonds is 10. The number of nitrogens with one attached hydrogen (secondary N) is 2. The van der Waals surface area contributed by atoms with Crippen LogP contribution in [0.1, 0.15) is 46.1 Å². The third-order valence-electron chi connectivity index (χ3n) is 5.18. The molecule has 4 amide bonds. The Balaban J connectivity index is 3.08. The number of amides is 4. The van der Waals surface area contributed by atoms with E-state index in [9.17, 15) is 33.1 Å². The number of hydroxylamine groups is 2. The van der Waals surface area contributed by atoms with Gasteiger partial charge in [-0.25, -0.2) is 13.2 Å². The maximum Gasteiger partial charge on any atom is 0.349 e. The Hall–Kier alpha value is -2.50. The normalized spacial score (nSPS) is 13.9. The molecule has 32 heavy (non-hydrogen) atoms. The van der Waals surface area contributed by atoms with E-state index in [-0.39, 0.29) is 23.2 Å². The summed E-state index contributed by atoms with van der Waals surface area (Å²) in [4.78, 5) is 37.1. The monoisotopic (exact) mass is 471 g/mol. The van der Waals surface area contributed by atoms with Gasteiger partial charge in [-0.3, -0.25) is 14.8 Å². The van der Waals surface area contributed by atoms with Crippen molar-refractivity contribution in [3.63, 3.8) is 0 Å². The molecule has 0 aromatic heterocycles. The zero-order valence-electron chi connectivity index (χ0n) is 19.0. The van der Waals surface area contributed by atoms with Crippen molar-refractivity contribution in [2.45, 2.75) is 63.2 Å². The van der Waals surface area contributed by atoms with Gasteiger partial charge in [-0.05, 0) is 38.2 Å². The fourth-order valence-corrected chi connectivity index (χ4v) is 4.43. The molecule has 1 rings (SSSR count). The molecule has 0 heterocycles. The molecule has 0 spiro atoms. The number of nitrogens with zero attached hydrogens (tertiary/aromatic N) is 1. The van der Waals surface area contributed by atoms with E-state index < -0.39 is 44.6 Å². The van der Waals surface area contributed by atoms with Gasteiger partial charge in [0.25, 0.3) is 5.91 Å². The molecule has 1 unspecified atom stereocenters. The molecule has 0 saturated heterocycles. The van der Waals surface area contributed by atoms with Crippen molar-refractivity contribution in [3.8, 4) is 0 Å². The van der Waals surface area contributed by atoms with Crippen molar-refractivity contribution in [3.05, 3.63) is 35.9 Å². The number of aliphatic hydroxyl groups is 1. The molecule has 11 heteroatoms. The Kier molecular flexibility index (Phi) is 9.80. The van der Waals surface area contributed by atoms with Gasteiger partial charge in [-0.1, -0.05) is 44.2 Å². The van der Waals surface area contributed by atoms with Crippen LogP contribution in [-0.4, -0.2) is 65.6 Å². The second-order valence-corrected chi connectivity index (χ2v) is 11.1. The summed E-state index contributed by atoms with van der Waals surface area (Å²) in [5, 5.41) is 23.9. The van der Waals surface area contributed by atoms with E-state index in [4.69, 9.17) is 0 Å². The van der Waals surface area contributed by atoms with Gasteiger partial charge in [-0.2, -0.15) is 0 Å². The summed E-state index contributed by atoms with van der Waals surface area (Å²) in [5.41, 5.74) is 0.495. The van der Waals surface area contributed by atoms with Gasteiger partial charge in [0, 0.05) is 7.05 Å². The third kappa shape index (κ3) is 7.01. The number of benzene rings is 1. The van der Waals surface area contributed by atoms with Crippen LogP contribution in [0.25, 0.3) is 0 Å². The van der Waals surface area contributed by atoms with Crippen molar-refractivity contribution in [1.82, 2.24) is 15.7 Å². The summed E-state index contributed by atoms with van der Waals surface area (Å²) in [6, 6.07) is 5.27. The van der Waals surface area contributed by atoms with Crippen LogP contribution in [0.5, 0.6) is 0 Å². The number of likely N-dealkylation sites (N-methyl/N-ethyl adjacent to an activating group) is 1. The molecule has 10 nitrogen and oxygen atoms in total. The number of carbonyl (C=O) groups is 3.